The molecular weight excluding hydrogens is 440 g/mol. The first kappa shape index (κ1) is 26.8. The van der Waals surface area contributed by atoms with Gasteiger partial charge in [-0.25, -0.2) is 0 Å². The molecule has 0 aliphatic heterocycles. The van der Waals surface area contributed by atoms with E-state index in [-0.39, 0.29) is 0 Å². The molecule has 4 rings (SSSR count). The van der Waals surface area contributed by atoms with Gasteiger partial charge in [0, 0.05) is 9.79 Å². The molecule has 0 spiro atoms. The van der Waals surface area contributed by atoms with E-state index in [4.69, 9.17) is 0 Å². The van der Waals surface area contributed by atoms with Crippen molar-refractivity contribution in [2.24, 2.45) is 34.5 Å². The Morgan fingerprint density at radius 2 is 0.943 bits per heavy atom. The molecule has 4 unspecified atom stereocenters. The summed E-state index contributed by atoms with van der Waals surface area (Å²) >= 11 is 2.04. The van der Waals surface area contributed by atoms with E-state index >= 15 is 0 Å². The molecule has 35 heavy (non-hydrogen) atoms. The minimum Gasteiger partial charge on any atom is -0.0895 e. The first-order valence-electron chi connectivity index (χ1n) is 14.5. The normalized spacial score (nSPS) is 26.0. The summed E-state index contributed by atoms with van der Waals surface area (Å²) in [5, 5.41) is 0. The SMILES string of the molecule is CC(C)(C)C1CCCCC1Cc1ccccc1Sc1ccccc1CC1CCCCC1C(C)(C)C. The van der Waals surface area contributed by atoms with Crippen LogP contribution in [0.4, 0.5) is 0 Å². The van der Waals surface area contributed by atoms with Crippen molar-refractivity contribution in [3.63, 3.8) is 0 Å². The van der Waals surface area contributed by atoms with E-state index in [2.05, 4.69) is 90.1 Å². The lowest BCUT2D eigenvalue weighted by Crippen LogP contribution is -2.32. The second-order valence-electron chi connectivity index (χ2n) is 13.8. The minimum absolute atomic E-state index is 0.406. The lowest BCUT2D eigenvalue weighted by molar-refractivity contribution is 0.107. The molecule has 0 radical (unpaired) electrons. The van der Waals surface area contributed by atoms with Gasteiger partial charge in [0.1, 0.15) is 0 Å². The highest BCUT2D eigenvalue weighted by Crippen LogP contribution is 2.46. The van der Waals surface area contributed by atoms with Gasteiger partial charge in [0.15, 0.2) is 0 Å². The largest absolute Gasteiger partial charge is 0.0895 e. The molecule has 192 valence electrons. The van der Waals surface area contributed by atoms with Gasteiger partial charge in [-0.3, -0.25) is 0 Å². The van der Waals surface area contributed by atoms with Crippen LogP contribution in [0.5, 0.6) is 0 Å². The van der Waals surface area contributed by atoms with Crippen LogP contribution in [-0.4, -0.2) is 0 Å². The van der Waals surface area contributed by atoms with Gasteiger partial charge in [0.25, 0.3) is 0 Å². The lowest BCUT2D eigenvalue weighted by Gasteiger charge is -2.41. The van der Waals surface area contributed by atoms with E-state index in [9.17, 15) is 0 Å². The van der Waals surface area contributed by atoms with Crippen LogP contribution >= 0.6 is 11.8 Å². The molecule has 0 amide bonds. The Morgan fingerprint density at radius 3 is 1.34 bits per heavy atom. The van der Waals surface area contributed by atoms with Gasteiger partial charge < -0.3 is 0 Å². The van der Waals surface area contributed by atoms with Crippen LogP contribution in [0, 0.1) is 34.5 Å². The Morgan fingerprint density at radius 1 is 0.571 bits per heavy atom. The van der Waals surface area contributed by atoms with Gasteiger partial charge in [0.2, 0.25) is 0 Å². The van der Waals surface area contributed by atoms with Crippen LogP contribution in [0.2, 0.25) is 0 Å². The Hall–Kier alpha value is -1.21. The molecule has 2 fully saturated rings. The maximum Gasteiger partial charge on any atom is 0.0154 e. The van der Waals surface area contributed by atoms with Crippen molar-refractivity contribution in [1.82, 2.24) is 0 Å². The monoisotopic (exact) mass is 490 g/mol. The van der Waals surface area contributed by atoms with E-state index in [0.717, 1.165) is 23.7 Å². The molecule has 0 aromatic heterocycles. The first-order valence-corrected chi connectivity index (χ1v) is 15.3. The third-order valence-corrected chi connectivity index (χ3v) is 10.4. The maximum absolute atomic E-state index is 2.46. The smallest absolute Gasteiger partial charge is 0.0154 e. The van der Waals surface area contributed by atoms with Crippen LogP contribution in [0.1, 0.15) is 104 Å². The van der Waals surface area contributed by atoms with Crippen molar-refractivity contribution < 1.29 is 0 Å². The second kappa shape index (κ2) is 11.5. The quantitative estimate of drug-likeness (QED) is 0.388. The summed E-state index contributed by atoms with van der Waals surface area (Å²) in [6, 6.07) is 18.6. The molecule has 0 nitrogen and oxygen atoms in total. The summed E-state index contributed by atoms with van der Waals surface area (Å²) in [6.07, 6.45) is 13.7. The summed E-state index contributed by atoms with van der Waals surface area (Å²) in [5.41, 5.74) is 3.95. The first-order chi connectivity index (χ1) is 16.6. The third kappa shape index (κ3) is 6.97. The lowest BCUT2D eigenvalue weighted by atomic mass is 9.65. The summed E-state index contributed by atoms with van der Waals surface area (Å²) in [6.45, 7) is 14.8. The molecule has 0 bridgehead atoms. The topological polar surface area (TPSA) is 0 Å². The molecule has 0 saturated heterocycles. The van der Waals surface area contributed by atoms with Gasteiger partial charge in [0.05, 0.1) is 0 Å². The standard InChI is InChI=1S/C34H50S/c1-33(2,3)29-19-11-7-15-25(29)23-27-17-9-13-21-31(27)35-32-22-14-10-18-28(32)24-26-16-8-12-20-30(26)34(4,5)6/h9-10,13-14,17-18,21-22,25-26,29-30H,7-8,11-12,15-16,19-20,23-24H2,1-6H3. The van der Waals surface area contributed by atoms with Crippen LogP contribution in [0.25, 0.3) is 0 Å². The van der Waals surface area contributed by atoms with Crippen molar-refractivity contribution in [2.45, 2.75) is 116 Å². The van der Waals surface area contributed by atoms with Gasteiger partial charge in [-0.15, -0.1) is 0 Å². The molecule has 0 heterocycles. The maximum atomic E-state index is 2.46. The van der Waals surface area contributed by atoms with E-state index in [1.54, 1.807) is 11.1 Å². The molecule has 0 N–H and O–H groups in total. The van der Waals surface area contributed by atoms with E-state index in [1.165, 1.54) is 74.0 Å². The molecule has 2 aliphatic rings. The fourth-order valence-corrected chi connectivity index (χ4v) is 8.51. The zero-order chi connectivity index (χ0) is 25.1. The Labute approximate surface area is 221 Å². The average molecular weight is 491 g/mol. The predicted octanol–water partition coefficient (Wildman–Crippen LogP) is 10.6. The molecule has 2 saturated carbocycles. The number of benzene rings is 2. The zero-order valence-corrected chi connectivity index (χ0v) is 24.2. The average Bonchev–Trinajstić information content (AvgIpc) is 2.81. The van der Waals surface area contributed by atoms with E-state index in [1.807, 2.05) is 11.8 Å². The summed E-state index contributed by atoms with van der Waals surface area (Å²) < 4.78 is 0. The highest BCUT2D eigenvalue weighted by molar-refractivity contribution is 7.99. The summed E-state index contributed by atoms with van der Waals surface area (Å²) in [4.78, 5) is 2.96. The molecule has 4 atom stereocenters. The number of rotatable bonds is 6. The van der Waals surface area contributed by atoms with Crippen molar-refractivity contribution >= 4 is 11.8 Å². The van der Waals surface area contributed by atoms with Crippen LogP contribution in [-0.2, 0) is 12.8 Å². The van der Waals surface area contributed by atoms with Crippen LogP contribution < -0.4 is 0 Å². The van der Waals surface area contributed by atoms with Gasteiger partial charge in [-0.1, -0.05) is 115 Å². The van der Waals surface area contributed by atoms with E-state index < -0.39 is 0 Å². The fourth-order valence-electron chi connectivity index (χ4n) is 7.41. The molecule has 2 aromatic rings. The van der Waals surface area contributed by atoms with Crippen molar-refractivity contribution in [3.8, 4) is 0 Å². The van der Waals surface area contributed by atoms with Crippen molar-refractivity contribution in [2.75, 3.05) is 0 Å². The second-order valence-corrected chi connectivity index (χ2v) is 14.8. The number of hydrogen-bond donors (Lipinski definition) is 0. The van der Waals surface area contributed by atoms with Gasteiger partial charge >= 0.3 is 0 Å². The summed E-state index contributed by atoms with van der Waals surface area (Å²) in [7, 11) is 0. The van der Waals surface area contributed by atoms with Crippen molar-refractivity contribution in [3.05, 3.63) is 59.7 Å². The Balaban J connectivity index is 1.54. The van der Waals surface area contributed by atoms with Crippen LogP contribution in [0.15, 0.2) is 58.3 Å². The fraction of sp³-hybridized carbons (Fsp3) is 0.647. The molecule has 2 aliphatic carbocycles. The zero-order valence-electron chi connectivity index (χ0n) is 23.4. The highest BCUT2D eigenvalue weighted by Gasteiger charge is 2.35. The van der Waals surface area contributed by atoms with Crippen molar-refractivity contribution in [1.29, 1.82) is 0 Å². The van der Waals surface area contributed by atoms with Gasteiger partial charge in [-0.2, -0.15) is 0 Å². The molecular formula is C34H50S. The highest BCUT2D eigenvalue weighted by atomic mass is 32.2. The number of hydrogen-bond acceptors (Lipinski definition) is 1. The minimum atomic E-state index is 0.406. The summed E-state index contributed by atoms with van der Waals surface area (Å²) in [5.74, 6) is 3.30. The Kier molecular flexibility index (Phi) is 8.78. The van der Waals surface area contributed by atoms with Gasteiger partial charge in [-0.05, 0) is 96.3 Å². The molecule has 1 heteroatoms. The molecule has 2 aromatic carbocycles. The third-order valence-electron chi connectivity index (χ3n) is 9.17. The van der Waals surface area contributed by atoms with E-state index in [0.29, 0.717) is 10.8 Å². The Bertz CT molecular complexity index is 866. The van der Waals surface area contributed by atoms with Crippen LogP contribution in [0.3, 0.4) is 0 Å². The predicted molar refractivity (Wildman–Crippen MR) is 154 cm³/mol.